The van der Waals surface area contributed by atoms with E-state index in [1.807, 2.05) is 0 Å². The number of hydrogen-bond donors (Lipinski definition) is 2. The van der Waals surface area contributed by atoms with Crippen LogP contribution >= 0.6 is 27.5 Å². The largest absolute Gasteiger partial charge is 0.439 e. The van der Waals surface area contributed by atoms with Crippen LogP contribution in [0.5, 0.6) is 0 Å². The van der Waals surface area contributed by atoms with Crippen molar-refractivity contribution < 1.29 is 9.21 Å². The van der Waals surface area contributed by atoms with E-state index in [1.165, 1.54) is 6.08 Å². The van der Waals surface area contributed by atoms with Gasteiger partial charge in [-0.05, 0) is 35.4 Å². The van der Waals surface area contributed by atoms with Gasteiger partial charge in [0.15, 0.2) is 11.5 Å². The van der Waals surface area contributed by atoms with Gasteiger partial charge in [-0.1, -0.05) is 27.5 Å². The van der Waals surface area contributed by atoms with Gasteiger partial charge in [0, 0.05) is 16.7 Å². The minimum absolute atomic E-state index is 0.261. The van der Waals surface area contributed by atoms with E-state index in [1.54, 1.807) is 30.5 Å². The molecule has 24 heavy (non-hydrogen) atoms. The molecule has 0 aliphatic carbocycles. The van der Waals surface area contributed by atoms with Crippen molar-refractivity contribution in [3.63, 3.8) is 0 Å². The standard InChI is InChI=1S/C16H12BrClN4O2/c17-10-5-11(18)16-12(6-10)22-15(24-16)4-9(3-14(20)23)8-1-2-13(19)21-7-8/h1-3,5-7H,4H2,(H2,19,21)(H2,20,23). The first-order chi connectivity index (χ1) is 11.4. The van der Waals surface area contributed by atoms with E-state index >= 15 is 0 Å². The second-order valence-corrected chi connectivity index (χ2v) is 6.39. The molecule has 0 bridgehead atoms. The number of oxazole rings is 1. The number of hydrogen-bond acceptors (Lipinski definition) is 5. The number of halogens is 2. The van der Waals surface area contributed by atoms with E-state index in [0.717, 1.165) is 4.47 Å². The number of benzene rings is 1. The van der Waals surface area contributed by atoms with E-state index in [-0.39, 0.29) is 6.42 Å². The third kappa shape index (κ3) is 3.58. The lowest BCUT2D eigenvalue weighted by Crippen LogP contribution is -2.08. The Morgan fingerprint density at radius 2 is 2.17 bits per heavy atom. The average molecular weight is 408 g/mol. The van der Waals surface area contributed by atoms with Crippen LogP contribution in [0.4, 0.5) is 5.82 Å². The molecule has 0 spiro atoms. The third-order valence-corrected chi connectivity index (χ3v) is 4.01. The zero-order chi connectivity index (χ0) is 17.3. The Morgan fingerprint density at radius 3 is 2.83 bits per heavy atom. The maximum atomic E-state index is 11.3. The predicted octanol–water partition coefficient (Wildman–Crippen LogP) is 3.33. The molecule has 0 aliphatic heterocycles. The van der Waals surface area contributed by atoms with Crippen molar-refractivity contribution in [2.75, 3.05) is 5.73 Å². The molecule has 0 saturated heterocycles. The molecule has 122 valence electrons. The number of allylic oxidation sites excluding steroid dienone is 1. The fourth-order valence-corrected chi connectivity index (χ4v) is 3.08. The van der Waals surface area contributed by atoms with Crippen molar-refractivity contribution in [2.24, 2.45) is 5.73 Å². The van der Waals surface area contributed by atoms with Gasteiger partial charge in [0.05, 0.1) is 11.4 Å². The molecule has 2 aromatic heterocycles. The Balaban J connectivity index is 2.00. The van der Waals surface area contributed by atoms with E-state index in [2.05, 4.69) is 25.9 Å². The van der Waals surface area contributed by atoms with Crippen molar-refractivity contribution >= 4 is 55.9 Å². The van der Waals surface area contributed by atoms with Gasteiger partial charge in [0.1, 0.15) is 11.3 Å². The van der Waals surface area contributed by atoms with Crippen LogP contribution in [0.25, 0.3) is 16.7 Å². The number of anilines is 1. The number of fused-ring (bicyclic) bond motifs is 1. The lowest BCUT2D eigenvalue weighted by Gasteiger charge is -2.05. The normalized spacial score (nSPS) is 11.8. The summed E-state index contributed by atoms with van der Waals surface area (Å²) in [6.45, 7) is 0. The third-order valence-electron chi connectivity index (χ3n) is 3.27. The summed E-state index contributed by atoms with van der Waals surface area (Å²) in [5.74, 6) is 0.226. The first-order valence-corrected chi connectivity index (χ1v) is 8.06. The smallest absolute Gasteiger partial charge is 0.241 e. The highest BCUT2D eigenvalue weighted by atomic mass is 79.9. The molecule has 1 amide bonds. The van der Waals surface area contributed by atoms with Crippen molar-refractivity contribution in [3.8, 4) is 0 Å². The molecule has 2 heterocycles. The first kappa shape index (κ1) is 16.5. The summed E-state index contributed by atoms with van der Waals surface area (Å²) in [6, 6.07) is 6.92. The van der Waals surface area contributed by atoms with Crippen molar-refractivity contribution in [2.45, 2.75) is 6.42 Å². The Kier molecular flexibility index (Phi) is 4.55. The number of primary amides is 1. The quantitative estimate of drug-likeness (QED) is 0.645. The van der Waals surface area contributed by atoms with Crippen molar-refractivity contribution in [1.82, 2.24) is 9.97 Å². The van der Waals surface area contributed by atoms with E-state index in [9.17, 15) is 4.79 Å². The maximum Gasteiger partial charge on any atom is 0.241 e. The molecule has 3 aromatic rings. The molecule has 0 radical (unpaired) electrons. The number of pyridine rings is 1. The maximum absolute atomic E-state index is 11.3. The zero-order valence-corrected chi connectivity index (χ0v) is 14.6. The van der Waals surface area contributed by atoms with Gasteiger partial charge < -0.3 is 15.9 Å². The second-order valence-electron chi connectivity index (χ2n) is 5.06. The summed E-state index contributed by atoms with van der Waals surface area (Å²) in [4.78, 5) is 19.8. The Bertz CT molecular complexity index is 951. The number of nitrogens with zero attached hydrogens (tertiary/aromatic N) is 2. The molecular weight excluding hydrogens is 396 g/mol. The molecule has 0 aliphatic rings. The predicted molar refractivity (Wildman–Crippen MR) is 96.2 cm³/mol. The topological polar surface area (TPSA) is 108 Å². The summed E-state index contributed by atoms with van der Waals surface area (Å²) in [5, 5.41) is 0.452. The number of nitrogen functional groups attached to an aromatic ring is 1. The van der Waals surface area contributed by atoms with Crippen LogP contribution in [0.2, 0.25) is 5.02 Å². The summed E-state index contributed by atoms with van der Waals surface area (Å²) >= 11 is 9.52. The molecule has 0 saturated carbocycles. The molecule has 6 nitrogen and oxygen atoms in total. The number of aromatic nitrogens is 2. The highest BCUT2D eigenvalue weighted by Gasteiger charge is 2.14. The molecule has 0 fully saturated rings. The van der Waals surface area contributed by atoms with E-state index < -0.39 is 5.91 Å². The number of nitrogens with two attached hydrogens (primary N) is 2. The van der Waals surface area contributed by atoms with Gasteiger partial charge in [0.25, 0.3) is 0 Å². The van der Waals surface area contributed by atoms with Crippen LogP contribution in [0.1, 0.15) is 11.5 Å². The molecular formula is C16H12BrClN4O2. The minimum atomic E-state index is -0.571. The average Bonchev–Trinajstić information content (AvgIpc) is 2.89. The summed E-state index contributed by atoms with van der Waals surface area (Å²) in [5.41, 5.74) is 13.3. The number of amides is 1. The highest BCUT2D eigenvalue weighted by Crippen LogP contribution is 2.30. The van der Waals surface area contributed by atoms with Gasteiger partial charge in [-0.3, -0.25) is 4.79 Å². The first-order valence-electron chi connectivity index (χ1n) is 6.89. The van der Waals surface area contributed by atoms with Crippen molar-refractivity contribution in [1.29, 1.82) is 0 Å². The van der Waals surface area contributed by atoms with Crippen molar-refractivity contribution in [3.05, 3.63) is 57.5 Å². The summed E-state index contributed by atoms with van der Waals surface area (Å²) < 4.78 is 6.51. The van der Waals surface area contributed by atoms with Crippen LogP contribution in [-0.4, -0.2) is 15.9 Å². The fraction of sp³-hybridized carbons (Fsp3) is 0.0625. The highest BCUT2D eigenvalue weighted by molar-refractivity contribution is 9.10. The minimum Gasteiger partial charge on any atom is -0.439 e. The zero-order valence-electron chi connectivity index (χ0n) is 12.3. The molecule has 0 atom stereocenters. The molecule has 0 unspecified atom stereocenters. The second kappa shape index (κ2) is 6.62. The fourth-order valence-electron chi connectivity index (χ4n) is 2.25. The molecule has 4 N–H and O–H groups in total. The lowest BCUT2D eigenvalue weighted by molar-refractivity contribution is -0.113. The van der Waals surface area contributed by atoms with Crippen LogP contribution in [-0.2, 0) is 11.2 Å². The van der Waals surface area contributed by atoms with Gasteiger partial charge in [-0.15, -0.1) is 0 Å². The van der Waals surface area contributed by atoms with Crippen LogP contribution in [0.3, 0.4) is 0 Å². The molecule has 3 rings (SSSR count). The monoisotopic (exact) mass is 406 g/mol. The lowest BCUT2D eigenvalue weighted by atomic mass is 10.0. The van der Waals surface area contributed by atoms with E-state index in [0.29, 0.717) is 39.0 Å². The SMILES string of the molecule is NC(=O)C=C(Cc1nc2cc(Br)cc(Cl)c2o1)c1ccc(N)nc1. The Hall–Kier alpha value is -2.38. The van der Waals surface area contributed by atoms with Crippen LogP contribution < -0.4 is 11.5 Å². The Labute approximate surface area is 150 Å². The van der Waals surface area contributed by atoms with Gasteiger partial charge in [-0.2, -0.15) is 0 Å². The van der Waals surface area contributed by atoms with Gasteiger partial charge in [0.2, 0.25) is 5.91 Å². The number of carbonyl (C=O) groups excluding carboxylic acids is 1. The van der Waals surface area contributed by atoms with Gasteiger partial charge >= 0.3 is 0 Å². The number of carbonyl (C=O) groups is 1. The van der Waals surface area contributed by atoms with Gasteiger partial charge in [-0.25, -0.2) is 9.97 Å². The molecule has 8 heteroatoms. The Morgan fingerprint density at radius 1 is 1.38 bits per heavy atom. The number of rotatable bonds is 4. The van der Waals surface area contributed by atoms with E-state index in [4.69, 9.17) is 27.5 Å². The summed E-state index contributed by atoms with van der Waals surface area (Å²) in [6.07, 6.45) is 3.15. The molecule has 1 aromatic carbocycles. The summed E-state index contributed by atoms with van der Waals surface area (Å²) in [7, 11) is 0. The van der Waals surface area contributed by atoms with Crippen LogP contribution in [0, 0.1) is 0 Å². The van der Waals surface area contributed by atoms with Crippen LogP contribution in [0.15, 0.2) is 45.4 Å².